The van der Waals surface area contributed by atoms with E-state index in [2.05, 4.69) is 15.9 Å². The fraction of sp³-hybridized carbons (Fsp3) is 0.588. The standard InChI is InChI=1S/C17H23BrClNO3/c1-17(2,3)23-16(22)20-7-6-12(10-20)15(21)8-11-4-5-13(18)9-14(11)19/h4-5,9,12,15,21H,6-8,10H2,1-3H3. The summed E-state index contributed by atoms with van der Waals surface area (Å²) in [6.45, 7) is 6.68. The third kappa shape index (κ3) is 5.37. The summed E-state index contributed by atoms with van der Waals surface area (Å²) in [6, 6.07) is 5.65. The Hall–Kier alpha value is -0.780. The van der Waals surface area contributed by atoms with E-state index in [1.807, 2.05) is 39.0 Å². The zero-order chi connectivity index (χ0) is 17.2. The zero-order valence-corrected chi connectivity index (χ0v) is 16.0. The van der Waals surface area contributed by atoms with Crippen LogP contribution in [0.25, 0.3) is 0 Å². The number of nitrogens with zero attached hydrogens (tertiary/aromatic N) is 1. The van der Waals surface area contributed by atoms with Crippen LogP contribution in [0.2, 0.25) is 5.02 Å². The van der Waals surface area contributed by atoms with Gasteiger partial charge in [0.1, 0.15) is 5.60 Å². The topological polar surface area (TPSA) is 49.8 Å². The molecule has 1 aromatic rings. The minimum absolute atomic E-state index is 0.0437. The number of aliphatic hydroxyl groups excluding tert-OH is 1. The summed E-state index contributed by atoms with van der Waals surface area (Å²) in [7, 11) is 0. The van der Waals surface area contributed by atoms with Crippen LogP contribution in [0.4, 0.5) is 4.79 Å². The van der Waals surface area contributed by atoms with Gasteiger partial charge in [-0.2, -0.15) is 0 Å². The molecule has 1 N–H and O–H groups in total. The van der Waals surface area contributed by atoms with Crippen molar-refractivity contribution < 1.29 is 14.6 Å². The number of aliphatic hydroxyl groups is 1. The van der Waals surface area contributed by atoms with Gasteiger partial charge in [-0.25, -0.2) is 4.79 Å². The summed E-state index contributed by atoms with van der Waals surface area (Å²) in [5.41, 5.74) is 0.414. The van der Waals surface area contributed by atoms with Crippen LogP contribution in [0.1, 0.15) is 32.8 Å². The van der Waals surface area contributed by atoms with Crippen molar-refractivity contribution in [1.82, 2.24) is 4.90 Å². The van der Waals surface area contributed by atoms with Crippen molar-refractivity contribution >= 4 is 33.6 Å². The Bertz CT molecular complexity index is 573. The fourth-order valence-corrected chi connectivity index (χ4v) is 3.42. The third-order valence-corrected chi connectivity index (χ3v) is 4.71. The van der Waals surface area contributed by atoms with E-state index in [1.54, 1.807) is 4.90 Å². The van der Waals surface area contributed by atoms with Crippen molar-refractivity contribution in [1.29, 1.82) is 0 Å². The van der Waals surface area contributed by atoms with E-state index in [0.717, 1.165) is 16.5 Å². The van der Waals surface area contributed by atoms with Crippen LogP contribution in [0.3, 0.4) is 0 Å². The number of carbonyl (C=O) groups is 1. The van der Waals surface area contributed by atoms with Crippen molar-refractivity contribution in [2.75, 3.05) is 13.1 Å². The molecule has 2 atom stereocenters. The lowest BCUT2D eigenvalue weighted by Crippen LogP contribution is -2.36. The predicted octanol–water partition coefficient (Wildman–Crippen LogP) is 4.26. The molecule has 1 amide bonds. The normalized spacial score (nSPS) is 19.7. The summed E-state index contributed by atoms with van der Waals surface area (Å²) >= 11 is 9.58. The number of ether oxygens (including phenoxy) is 1. The molecular formula is C17H23BrClNO3. The molecule has 1 aromatic carbocycles. The number of carbonyl (C=O) groups excluding carboxylic acids is 1. The Morgan fingerprint density at radius 2 is 2.22 bits per heavy atom. The lowest BCUT2D eigenvalue weighted by atomic mass is 9.95. The number of rotatable bonds is 3. The van der Waals surface area contributed by atoms with Gasteiger partial charge in [0, 0.05) is 34.9 Å². The second kappa shape index (κ2) is 7.41. The second-order valence-corrected chi connectivity index (χ2v) is 8.31. The summed E-state index contributed by atoms with van der Waals surface area (Å²) in [5, 5.41) is 11.1. The Labute approximate surface area is 150 Å². The van der Waals surface area contributed by atoms with Crippen LogP contribution in [0.15, 0.2) is 22.7 Å². The molecule has 0 spiro atoms. The first-order valence-corrected chi connectivity index (χ1v) is 8.93. The van der Waals surface area contributed by atoms with Crippen molar-refractivity contribution in [3.05, 3.63) is 33.3 Å². The van der Waals surface area contributed by atoms with Gasteiger partial charge in [-0.1, -0.05) is 33.6 Å². The van der Waals surface area contributed by atoms with Crippen molar-refractivity contribution in [3.63, 3.8) is 0 Å². The number of halogens is 2. The molecule has 128 valence electrons. The lowest BCUT2D eigenvalue weighted by Gasteiger charge is -2.25. The number of benzene rings is 1. The summed E-state index contributed by atoms with van der Waals surface area (Å²) in [4.78, 5) is 13.7. The molecule has 0 aromatic heterocycles. The van der Waals surface area contributed by atoms with E-state index in [-0.39, 0.29) is 12.0 Å². The van der Waals surface area contributed by atoms with Crippen LogP contribution in [-0.2, 0) is 11.2 Å². The lowest BCUT2D eigenvalue weighted by molar-refractivity contribution is 0.0269. The van der Waals surface area contributed by atoms with Crippen molar-refractivity contribution in [2.24, 2.45) is 5.92 Å². The van der Waals surface area contributed by atoms with Crippen LogP contribution < -0.4 is 0 Å². The summed E-state index contributed by atoms with van der Waals surface area (Å²) < 4.78 is 6.29. The number of hydrogen-bond donors (Lipinski definition) is 1. The van der Waals surface area contributed by atoms with Gasteiger partial charge in [0.2, 0.25) is 0 Å². The molecule has 0 saturated carbocycles. The van der Waals surface area contributed by atoms with E-state index >= 15 is 0 Å². The molecule has 0 bridgehead atoms. The van der Waals surface area contributed by atoms with Gasteiger partial charge in [-0.05, 0) is 44.9 Å². The van der Waals surface area contributed by atoms with Crippen molar-refractivity contribution in [2.45, 2.75) is 45.3 Å². The molecule has 1 saturated heterocycles. The van der Waals surface area contributed by atoms with E-state index in [0.29, 0.717) is 24.5 Å². The number of hydrogen-bond acceptors (Lipinski definition) is 3. The smallest absolute Gasteiger partial charge is 0.410 e. The molecule has 1 heterocycles. The number of likely N-dealkylation sites (tertiary alicyclic amines) is 1. The molecule has 0 radical (unpaired) electrons. The maximum absolute atomic E-state index is 12.1. The predicted molar refractivity (Wildman–Crippen MR) is 94.8 cm³/mol. The highest BCUT2D eigenvalue weighted by Gasteiger charge is 2.33. The molecule has 1 aliphatic heterocycles. The zero-order valence-electron chi connectivity index (χ0n) is 13.7. The van der Waals surface area contributed by atoms with Crippen LogP contribution in [0, 0.1) is 5.92 Å². The van der Waals surface area contributed by atoms with Gasteiger partial charge in [0.05, 0.1) is 6.10 Å². The maximum atomic E-state index is 12.1. The van der Waals surface area contributed by atoms with E-state index in [9.17, 15) is 9.90 Å². The largest absolute Gasteiger partial charge is 0.444 e. The monoisotopic (exact) mass is 403 g/mol. The van der Waals surface area contributed by atoms with E-state index < -0.39 is 11.7 Å². The molecular weight excluding hydrogens is 382 g/mol. The van der Waals surface area contributed by atoms with Crippen LogP contribution in [0.5, 0.6) is 0 Å². The second-order valence-electron chi connectivity index (χ2n) is 6.98. The number of amides is 1. The van der Waals surface area contributed by atoms with Crippen molar-refractivity contribution in [3.8, 4) is 0 Å². The fourth-order valence-electron chi connectivity index (χ4n) is 2.67. The SMILES string of the molecule is CC(C)(C)OC(=O)N1CCC(C(O)Cc2ccc(Br)cc2Cl)C1. The Morgan fingerprint density at radius 1 is 1.52 bits per heavy atom. The van der Waals surface area contributed by atoms with Gasteiger partial charge in [0.15, 0.2) is 0 Å². The highest BCUT2D eigenvalue weighted by atomic mass is 79.9. The minimum Gasteiger partial charge on any atom is -0.444 e. The average Bonchev–Trinajstić information content (AvgIpc) is 2.90. The Balaban J connectivity index is 1.92. The van der Waals surface area contributed by atoms with E-state index in [1.165, 1.54) is 0 Å². The van der Waals surface area contributed by atoms with Gasteiger partial charge in [0.25, 0.3) is 0 Å². The van der Waals surface area contributed by atoms with Gasteiger partial charge < -0.3 is 14.7 Å². The van der Waals surface area contributed by atoms with E-state index in [4.69, 9.17) is 16.3 Å². The van der Waals surface area contributed by atoms with Crippen LogP contribution in [-0.4, -0.2) is 40.9 Å². The molecule has 2 rings (SSSR count). The Kier molecular flexibility index (Phi) is 5.98. The highest BCUT2D eigenvalue weighted by molar-refractivity contribution is 9.10. The van der Waals surface area contributed by atoms with Gasteiger partial charge in [-0.3, -0.25) is 0 Å². The molecule has 23 heavy (non-hydrogen) atoms. The average molecular weight is 405 g/mol. The Morgan fingerprint density at radius 3 is 2.83 bits per heavy atom. The summed E-state index contributed by atoms with van der Waals surface area (Å²) in [6.07, 6.45) is 0.419. The third-order valence-electron chi connectivity index (χ3n) is 3.86. The molecule has 6 heteroatoms. The first kappa shape index (κ1) is 18.6. The molecule has 4 nitrogen and oxygen atoms in total. The van der Waals surface area contributed by atoms with Crippen LogP contribution >= 0.6 is 27.5 Å². The molecule has 2 unspecified atom stereocenters. The molecule has 1 aliphatic rings. The first-order valence-electron chi connectivity index (χ1n) is 7.75. The summed E-state index contributed by atoms with van der Waals surface area (Å²) in [5.74, 6) is 0.0437. The quantitative estimate of drug-likeness (QED) is 0.819. The highest BCUT2D eigenvalue weighted by Crippen LogP contribution is 2.27. The molecule has 0 aliphatic carbocycles. The maximum Gasteiger partial charge on any atom is 0.410 e. The first-order chi connectivity index (χ1) is 10.7. The molecule has 1 fully saturated rings. The van der Waals surface area contributed by atoms with Gasteiger partial charge in [-0.15, -0.1) is 0 Å². The minimum atomic E-state index is -0.527. The van der Waals surface area contributed by atoms with Gasteiger partial charge >= 0.3 is 6.09 Å².